The summed E-state index contributed by atoms with van der Waals surface area (Å²) in [6, 6.07) is 15.0. The molecular formula is C20H18ClNO2. The standard InChI is InChI=1S/C20H18ClNO2/c1-3-11-24-19-10-5-15(13-20(19)23-4-2)12-17(14-22)16-6-8-18(21)9-7-16/h3,5-10,12-13H,1,4,11H2,2H3. The van der Waals surface area contributed by atoms with Crippen molar-refractivity contribution in [3.63, 3.8) is 0 Å². The van der Waals surface area contributed by atoms with Gasteiger partial charge in [0.2, 0.25) is 0 Å². The zero-order chi connectivity index (χ0) is 17.4. The highest BCUT2D eigenvalue weighted by molar-refractivity contribution is 6.30. The lowest BCUT2D eigenvalue weighted by atomic mass is 10.0. The molecule has 0 saturated heterocycles. The van der Waals surface area contributed by atoms with Crippen molar-refractivity contribution in [2.45, 2.75) is 6.92 Å². The van der Waals surface area contributed by atoms with E-state index < -0.39 is 0 Å². The highest BCUT2D eigenvalue weighted by Gasteiger charge is 2.07. The van der Waals surface area contributed by atoms with Crippen LogP contribution >= 0.6 is 11.6 Å². The molecule has 0 radical (unpaired) electrons. The Hall–Kier alpha value is -2.70. The van der Waals surface area contributed by atoms with Crippen molar-refractivity contribution in [1.29, 1.82) is 5.26 Å². The maximum Gasteiger partial charge on any atom is 0.161 e. The molecule has 0 N–H and O–H groups in total. The lowest BCUT2D eigenvalue weighted by Crippen LogP contribution is -1.99. The maximum atomic E-state index is 9.44. The largest absolute Gasteiger partial charge is 0.490 e. The topological polar surface area (TPSA) is 42.2 Å². The van der Waals surface area contributed by atoms with Gasteiger partial charge < -0.3 is 9.47 Å². The van der Waals surface area contributed by atoms with Crippen LogP contribution < -0.4 is 9.47 Å². The lowest BCUT2D eigenvalue weighted by Gasteiger charge is -2.11. The summed E-state index contributed by atoms with van der Waals surface area (Å²) in [6.07, 6.45) is 3.49. The molecule has 0 bridgehead atoms. The predicted molar refractivity (Wildman–Crippen MR) is 98.2 cm³/mol. The number of hydrogen-bond donors (Lipinski definition) is 0. The van der Waals surface area contributed by atoms with E-state index in [0.717, 1.165) is 11.1 Å². The van der Waals surface area contributed by atoms with Crippen LogP contribution in [0.4, 0.5) is 0 Å². The molecule has 24 heavy (non-hydrogen) atoms. The minimum atomic E-state index is 0.406. The summed E-state index contributed by atoms with van der Waals surface area (Å²) < 4.78 is 11.2. The second-order valence-corrected chi connectivity index (χ2v) is 5.35. The van der Waals surface area contributed by atoms with Gasteiger partial charge in [0, 0.05) is 5.02 Å². The van der Waals surface area contributed by atoms with Crippen molar-refractivity contribution in [2.75, 3.05) is 13.2 Å². The summed E-state index contributed by atoms with van der Waals surface area (Å²) in [7, 11) is 0. The maximum absolute atomic E-state index is 9.44. The Labute approximate surface area is 147 Å². The zero-order valence-corrected chi connectivity index (χ0v) is 14.2. The Morgan fingerprint density at radius 1 is 1.17 bits per heavy atom. The smallest absolute Gasteiger partial charge is 0.161 e. The molecule has 0 aromatic heterocycles. The lowest BCUT2D eigenvalue weighted by molar-refractivity contribution is 0.297. The third kappa shape index (κ3) is 4.65. The van der Waals surface area contributed by atoms with Crippen molar-refractivity contribution in [1.82, 2.24) is 0 Å². The van der Waals surface area contributed by atoms with Crippen LogP contribution in [-0.4, -0.2) is 13.2 Å². The number of nitrogens with zero attached hydrogens (tertiary/aromatic N) is 1. The Kier molecular flexibility index (Phi) is 6.48. The van der Waals surface area contributed by atoms with E-state index in [0.29, 0.717) is 35.3 Å². The SMILES string of the molecule is C=CCOc1ccc(C=C(C#N)c2ccc(Cl)cc2)cc1OCC. The first-order valence-corrected chi connectivity index (χ1v) is 7.94. The summed E-state index contributed by atoms with van der Waals surface area (Å²) in [5.74, 6) is 1.29. The number of allylic oxidation sites excluding steroid dienone is 1. The van der Waals surface area contributed by atoms with Crippen LogP contribution in [0.1, 0.15) is 18.1 Å². The van der Waals surface area contributed by atoms with Gasteiger partial charge in [0.05, 0.1) is 18.2 Å². The minimum Gasteiger partial charge on any atom is -0.490 e. The van der Waals surface area contributed by atoms with Gasteiger partial charge in [0.15, 0.2) is 11.5 Å². The summed E-state index contributed by atoms with van der Waals surface area (Å²) in [4.78, 5) is 0. The number of halogens is 1. The van der Waals surface area contributed by atoms with Gasteiger partial charge in [-0.2, -0.15) is 5.26 Å². The third-order valence-corrected chi connectivity index (χ3v) is 3.46. The van der Waals surface area contributed by atoms with Crippen molar-refractivity contribution in [3.8, 4) is 17.6 Å². The van der Waals surface area contributed by atoms with Crippen molar-refractivity contribution >= 4 is 23.3 Å². The fourth-order valence-electron chi connectivity index (χ4n) is 2.13. The normalized spacial score (nSPS) is 10.8. The van der Waals surface area contributed by atoms with Gasteiger partial charge in [-0.15, -0.1) is 0 Å². The van der Waals surface area contributed by atoms with E-state index in [4.69, 9.17) is 21.1 Å². The van der Waals surface area contributed by atoms with E-state index in [1.165, 1.54) is 0 Å². The summed E-state index contributed by atoms with van der Waals surface area (Å²) >= 11 is 5.89. The van der Waals surface area contributed by atoms with Crippen LogP contribution in [0.3, 0.4) is 0 Å². The van der Waals surface area contributed by atoms with Crippen molar-refractivity contribution < 1.29 is 9.47 Å². The molecule has 0 unspecified atom stereocenters. The first kappa shape index (κ1) is 17.7. The molecule has 2 rings (SSSR count). The average Bonchev–Trinajstić information content (AvgIpc) is 2.60. The molecule has 2 aromatic carbocycles. The number of nitriles is 1. The second kappa shape index (κ2) is 8.81. The fraction of sp³-hybridized carbons (Fsp3) is 0.150. The van der Waals surface area contributed by atoms with Crippen molar-refractivity contribution in [3.05, 3.63) is 71.3 Å². The number of hydrogen-bond acceptors (Lipinski definition) is 3. The summed E-state index contributed by atoms with van der Waals surface area (Å²) in [5, 5.41) is 10.1. The van der Waals surface area contributed by atoms with E-state index in [2.05, 4.69) is 12.6 Å². The van der Waals surface area contributed by atoms with Gasteiger partial charge in [-0.05, 0) is 48.4 Å². The average molecular weight is 340 g/mol. The van der Waals surface area contributed by atoms with Gasteiger partial charge in [-0.25, -0.2) is 0 Å². The van der Waals surface area contributed by atoms with Crippen LogP contribution in [0.15, 0.2) is 55.1 Å². The number of ether oxygens (including phenoxy) is 2. The number of rotatable bonds is 7. The van der Waals surface area contributed by atoms with Gasteiger partial charge in [-0.1, -0.05) is 42.5 Å². The molecule has 2 aromatic rings. The molecule has 0 atom stereocenters. The molecule has 0 aliphatic carbocycles. The van der Waals surface area contributed by atoms with Gasteiger partial charge in [0.1, 0.15) is 6.61 Å². The Morgan fingerprint density at radius 3 is 2.54 bits per heavy atom. The Morgan fingerprint density at radius 2 is 1.92 bits per heavy atom. The molecular weight excluding hydrogens is 322 g/mol. The van der Waals surface area contributed by atoms with Crippen LogP contribution in [0, 0.1) is 11.3 Å². The molecule has 0 spiro atoms. The quantitative estimate of drug-likeness (QED) is 0.387. The second-order valence-electron chi connectivity index (χ2n) is 4.92. The molecule has 3 nitrogen and oxygen atoms in total. The first-order valence-electron chi connectivity index (χ1n) is 7.56. The highest BCUT2D eigenvalue weighted by Crippen LogP contribution is 2.30. The molecule has 122 valence electrons. The molecule has 0 heterocycles. The monoisotopic (exact) mass is 339 g/mol. The molecule has 0 amide bonds. The van der Waals surface area contributed by atoms with E-state index in [1.54, 1.807) is 18.2 Å². The van der Waals surface area contributed by atoms with E-state index >= 15 is 0 Å². The van der Waals surface area contributed by atoms with Crippen molar-refractivity contribution in [2.24, 2.45) is 0 Å². The Bertz CT molecular complexity index is 773. The zero-order valence-electron chi connectivity index (χ0n) is 13.5. The van der Waals surface area contributed by atoms with Crippen LogP contribution in [0.2, 0.25) is 5.02 Å². The summed E-state index contributed by atoms with van der Waals surface area (Å²) in [5.41, 5.74) is 2.22. The number of benzene rings is 2. The predicted octanol–water partition coefficient (Wildman–Crippen LogP) is 5.37. The van der Waals surface area contributed by atoms with E-state index in [-0.39, 0.29) is 0 Å². The Balaban J connectivity index is 2.35. The van der Waals surface area contributed by atoms with E-state index in [1.807, 2.05) is 43.3 Å². The summed E-state index contributed by atoms with van der Waals surface area (Å²) in [6.45, 7) is 6.48. The molecule has 0 saturated carbocycles. The van der Waals surface area contributed by atoms with E-state index in [9.17, 15) is 5.26 Å². The van der Waals surface area contributed by atoms with Gasteiger partial charge in [-0.3, -0.25) is 0 Å². The van der Waals surface area contributed by atoms with Gasteiger partial charge in [0.25, 0.3) is 0 Å². The van der Waals surface area contributed by atoms with Crippen LogP contribution in [0.25, 0.3) is 11.6 Å². The first-order chi connectivity index (χ1) is 11.7. The van der Waals surface area contributed by atoms with Crippen LogP contribution in [0.5, 0.6) is 11.5 Å². The highest BCUT2D eigenvalue weighted by atomic mass is 35.5. The van der Waals surface area contributed by atoms with Crippen LogP contribution in [-0.2, 0) is 0 Å². The molecule has 0 aliphatic rings. The third-order valence-electron chi connectivity index (χ3n) is 3.21. The van der Waals surface area contributed by atoms with Gasteiger partial charge >= 0.3 is 0 Å². The minimum absolute atomic E-state index is 0.406. The molecule has 0 fully saturated rings. The molecule has 4 heteroatoms. The molecule has 0 aliphatic heterocycles. The fourth-order valence-corrected chi connectivity index (χ4v) is 2.25.